The first-order valence-corrected chi connectivity index (χ1v) is 8.85. The van der Waals surface area contributed by atoms with Crippen molar-refractivity contribution in [3.05, 3.63) is 60.0 Å². The highest BCUT2D eigenvalue weighted by molar-refractivity contribution is 7.14. The van der Waals surface area contributed by atoms with E-state index in [0.29, 0.717) is 0 Å². The largest absolute Gasteiger partial charge is 0.346 e. The van der Waals surface area contributed by atoms with Crippen LogP contribution >= 0.6 is 11.3 Å². The normalized spacial score (nSPS) is 14.9. The average molecular weight is 321 g/mol. The SMILES string of the molecule is c1ccc(-c2ccc(-c3csc(N4CCNCC4)n3)cc2)cc1. The molecule has 1 aliphatic heterocycles. The van der Waals surface area contributed by atoms with Crippen LogP contribution in [0.4, 0.5) is 5.13 Å². The summed E-state index contributed by atoms with van der Waals surface area (Å²) in [7, 11) is 0. The summed E-state index contributed by atoms with van der Waals surface area (Å²) in [6, 6.07) is 19.2. The minimum atomic E-state index is 1.04. The number of nitrogens with zero attached hydrogens (tertiary/aromatic N) is 2. The van der Waals surface area contributed by atoms with Gasteiger partial charge in [0.05, 0.1) is 5.69 Å². The number of thiazole rings is 1. The van der Waals surface area contributed by atoms with E-state index in [1.165, 1.54) is 16.7 Å². The van der Waals surface area contributed by atoms with E-state index in [0.717, 1.165) is 37.0 Å². The number of piperazine rings is 1. The number of hydrogen-bond donors (Lipinski definition) is 1. The Labute approximate surface area is 140 Å². The average Bonchev–Trinajstić information content (AvgIpc) is 3.14. The van der Waals surface area contributed by atoms with Crippen molar-refractivity contribution in [3.63, 3.8) is 0 Å². The van der Waals surface area contributed by atoms with Gasteiger partial charge < -0.3 is 10.2 Å². The van der Waals surface area contributed by atoms with Crippen molar-refractivity contribution in [3.8, 4) is 22.4 Å². The number of benzene rings is 2. The van der Waals surface area contributed by atoms with Crippen LogP contribution in [0.5, 0.6) is 0 Å². The van der Waals surface area contributed by atoms with E-state index < -0.39 is 0 Å². The fraction of sp³-hybridized carbons (Fsp3) is 0.211. The Morgan fingerprint density at radius 3 is 2.22 bits per heavy atom. The van der Waals surface area contributed by atoms with Crippen LogP contribution in [0.1, 0.15) is 0 Å². The molecule has 3 aromatic rings. The zero-order chi connectivity index (χ0) is 15.5. The monoisotopic (exact) mass is 321 g/mol. The van der Waals surface area contributed by atoms with Crippen molar-refractivity contribution in [1.29, 1.82) is 0 Å². The molecule has 0 unspecified atom stereocenters. The first-order chi connectivity index (χ1) is 11.4. The molecular formula is C19H19N3S. The van der Waals surface area contributed by atoms with Gasteiger partial charge in [-0.3, -0.25) is 0 Å². The summed E-state index contributed by atoms with van der Waals surface area (Å²) < 4.78 is 0. The minimum absolute atomic E-state index is 1.04. The van der Waals surface area contributed by atoms with Gasteiger partial charge in [-0.05, 0) is 11.1 Å². The summed E-state index contributed by atoms with van der Waals surface area (Å²) in [6.45, 7) is 4.17. The lowest BCUT2D eigenvalue weighted by atomic mass is 10.0. The minimum Gasteiger partial charge on any atom is -0.346 e. The Balaban J connectivity index is 1.55. The van der Waals surface area contributed by atoms with Gasteiger partial charge in [-0.25, -0.2) is 4.98 Å². The number of nitrogens with one attached hydrogen (secondary N) is 1. The molecule has 3 nitrogen and oxygen atoms in total. The second-order valence-electron chi connectivity index (χ2n) is 5.70. The predicted molar refractivity (Wildman–Crippen MR) is 98.1 cm³/mol. The van der Waals surface area contributed by atoms with E-state index >= 15 is 0 Å². The first-order valence-electron chi connectivity index (χ1n) is 7.97. The smallest absolute Gasteiger partial charge is 0.185 e. The molecule has 2 heterocycles. The van der Waals surface area contributed by atoms with Crippen LogP contribution in [0.25, 0.3) is 22.4 Å². The summed E-state index contributed by atoms with van der Waals surface area (Å²) in [5.74, 6) is 0. The van der Waals surface area contributed by atoms with Gasteiger partial charge in [0.25, 0.3) is 0 Å². The molecule has 1 N–H and O–H groups in total. The maximum absolute atomic E-state index is 4.82. The number of aromatic nitrogens is 1. The van der Waals surface area contributed by atoms with Crippen LogP contribution in [0, 0.1) is 0 Å². The van der Waals surface area contributed by atoms with Crippen LogP contribution in [0.2, 0.25) is 0 Å². The van der Waals surface area contributed by atoms with Crippen molar-refractivity contribution in [2.75, 3.05) is 31.1 Å². The van der Waals surface area contributed by atoms with Gasteiger partial charge in [0.1, 0.15) is 0 Å². The molecule has 0 aliphatic carbocycles. The van der Waals surface area contributed by atoms with Crippen molar-refractivity contribution < 1.29 is 0 Å². The number of hydrogen-bond acceptors (Lipinski definition) is 4. The Hall–Kier alpha value is -2.17. The third-order valence-electron chi connectivity index (χ3n) is 4.17. The fourth-order valence-electron chi connectivity index (χ4n) is 2.86. The topological polar surface area (TPSA) is 28.2 Å². The second kappa shape index (κ2) is 6.52. The number of anilines is 1. The third-order valence-corrected chi connectivity index (χ3v) is 5.07. The molecule has 0 amide bonds. The van der Waals surface area contributed by atoms with Crippen LogP contribution in [-0.2, 0) is 0 Å². The molecule has 1 aliphatic rings. The molecule has 4 heteroatoms. The van der Waals surface area contributed by atoms with Crippen molar-refractivity contribution >= 4 is 16.5 Å². The van der Waals surface area contributed by atoms with Gasteiger partial charge in [-0.2, -0.15) is 0 Å². The molecule has 0 bridgehead atoms. The Bertz CT molecular complexity index is 759. The molecule has 1 aromatic heterocycles. The van der Waals surface area contributed by atoms with E-state index in [4.69, 9.17) is 4.98 Å². The molecule has 1 fully saturated rings. The molecule has 0 atom stereocenters. The van der Waals surface area contributed by atoms with Gasteiger partial charge in [0, 0.05) is 37.1 Å². The summed E-state index contributed by atoms with van der Waals surface area (Å²) in [5.41, 5.74) is 4.75. The highest BCUT2D eigenvalue weighted by atomic mass is 32.1. The van der Waals surface area contributed by atoms with Crippen molar-refractivity contribution in [2.24, 2.45) is 0 Å². The van der Waals surface area contributed by atoms with Crippen molar-refractivity contribution in [1.82, 2.24) is 10.3 Å². The summed E-state index contributed by atoms with van der Waals surface area (Å²) in [5, 5.41) is 6.67. The molecule has 116 valence electrons. The van der Waals surface area contributed by atoms with E-state index in [1.54, 1.807) is 11.3 Å². The van der Waals surface area contributed by atoms with Crippen LogP contribution in [-0.4, -0.2) is 31.2 Å². The summed E-state index contributed by atoms with van der Waals surface area (Å²) >= 11 is 1.74. The highest BCUT2D eigenvalue weighted by Gasteiger charge is 2.14. The van der Waals surface area contributed by atoms with E-state index in [-0.39, 0.29) is 0 Å². The van der Waals surface area contributed by atoms with Gasteiger partial charge in [0.15, 0.2) is 5.13 Å². The second-order valence-corrected chi connectivity index (χ2v) is 6.53. The highest BCUT2D eigenvalue weighted by Crippen LogP contribution is 2.29. The molecule has 0 spiro atoms. The van der Waals surface area contributed by atoms with E-state index in [2.05, 4.69) is 64.1 Å². The maximum atomic E-state index is 4.82. The fourth-order valence-corrected chi connectivity index (χ4v) is 3.75. The third kappa shape index (κ3) is 3.14. The zero-order valence-corrected chi connectivity index (χ0v) is 13.7. The molecule has 0 radical (unpaired) electrons. The van der Waals surface area contributed by atoms with Crippen LogP contribution in [0.3, 0.4) is 0 Å². The van der Waals surface area contributed by atoms with E-state index in [1.807, 2.05) is 6.07 Å². The molecule has 4 rings (SSSR count). The molecule has 23 heavy (non-hydrogen) atoms. The Kier molecular flexibility index (Phi) is 4.09. The van der Waals surface area contributed by atoms with Gasteiger partial charge >= 0.3 is 0 Å². The quantitative estimate of drug-likeness (QED) is 0.793. The lowest BCUT2D eigenvalue weighted by Gasteiger charge is -2.26. The van der Waals surface area contributed by atoms with Crippen LogP contribution < -0.4 is 10.2 Å². The summed E-state index contributed by atoms with van der Waals surface area (Å²) in [6.07, 6.45) is 0. The Morgan fingerprint density at radius 1 is 0.826 bits per heavy atom. The van der Waals surface area contributed by atoms with Crippen molar-refractivity contribution in [2.45, 2.75) is 0 Å². The lowest BCUT2D eigenvalue weighted by molar-refractivity contribution is 0.588. The van der Waals surface area contributed by atoms with Crippen LogP contribution in [0.15, 0.2) is 60.0 Å². The maximum Gasteiger partial charge on any atom is 0.185 e. The lowest BCUT2D eigenvalue weighted by Crippen LogP contribution is -2.43. The molecule has 2 aromatic carbocycles. The van der Waals surface area contributed by atoms with Gasteiger partial charge in [-0.15, -0.1) is 11.3 Å². The molecule has 0 saturated carbocycles. The van der Waals surface area contributed by atoms with Gasteiger partial charge in [-0.1, -0.05) is 54.6 Å². The molecule has 1 saturated heterocycles. The van der Waals surface area contributed by atoms with Gasteiger partial charge in [0.2, 0.25) is 0 Å². The standard InChI is InChI=1S/C19H19N3S/c1-2-4-15(5-3-1)16-6-8-17(9-7-16)18-14-23-19(21-18)22-12-10-20-11-13-22/h1-9,14,20H,10-13H2. The predicted octanol–water partition coefficient (Wildman–Crippen LogP) is 3.89. The molecular weight excluding hydrogens is 302 g/mol. The van der Waals surface area contributed by atoms with E-state index in [9.17, 15) is 0 Å². The first kappa shape index (κ1) is 14.4. The zero-order valence-electron chi connectivity index (χ0n) is 12.9. The Morgan fingerprint density at radius 2 is 1.48 bits per heavy atom. The number of rotatable bonds is 3. The summed E-state index contributed by atoms with van der Waals surface area (Å²) in [4.78, 5) is 7.19.